The van der Waals surface area contributed by atoms with Crippen LogP contribution in [-0.2, 0) is 19.6 Å². The van der Waals surface area contributed by atoms with Gasteiger partial charge < -0.3 is 0 Å². The maximum Gasteiger partial charge on any atom is 0.239 e. The van der Waals surface area contributed by atoms with Gasteiger partial charge in [0.05, 0.1) is 0 Å². The fraction of sp³-hybridized carbons (Fsp3) is 1.00. The summed E-state index contributed by atoms with van der Waals surface area (Å²) in [6.45, 7) is 22.5. The van der Waals surface area contributed by atoms with Crippen LogP contribution in [0, 0.1) is 33.5 Å². The molecule has 3 aliphatic rings. The van der Waals surface area contributed by atoms with Crippen LogP contribution in [0.5, 0.6) is 0 Å². The Morgan fingerprint density at radius 3 is 1.04 bits per heavy atom. The Hall–Kier alpha value is -0.160. The van der Waals surface area contributed by atoms with Gasteiger partial charge in [0.25, 0.3) is 0 Å². The highest BCUT2D eigenvalue weighted by atomic mass is 17.4. The SMILES string of the molecule is CC1CC(C)(C)C(C)(C)C2(C1)OOC1(CC(C)CC(C)(C)C1(C)C)OO2. The van der Waals surface area contributed by atoms with Crippen molar-refractivity contribution in [2.45, 2.75) is 106 Å². The summed E-state index contributed by atoms with van der Waals surface area (Å²) in [5.41, 5.74) is -0.380. The van der Waals surface area contributed by atoms with Gasteiger partial charge in [0.2, 0.25) is 11.6 Å². The Kier molecular flexibility index (Phi) is 4.50. The molecule has 4 heteroatoms. The third-order valence-corrected chi connectivity index (χ3v) is 8.86. The fourth-order valence-electron chi connectivity index (χ4n) is 5.71. The zero-order valence-electron chi connectivity index (χ0n) is 18.6. The smallest absolute Gasteiger partial charge is 0.194 e. The van der Waals surface area contributed by atoms with Crippen LogP contribution >= 0.6 is 0 Å². The summed E-state index contributed by atoms with van der Waals surface area (Å²) in [5.74, 6) is -0.788. The first-order valence-electron chi connectivity index (χ1n) is 10.4. The molecule has 0 radical (unpaired) electrons. The van der Waals surface area contributed by atoms with Crippen LogP contribution in [0.3, 0.4) is 0 Å². The topological polar surface area (TPSA) is 36.9 Å². The van der Waals surface area contributed by atoms with Gasteiger partial charge in [-0.05, 0) is 35.5 Å². The van der Waals surface area contributed by atoms with E-state index in [2.05, 4.69) is 69.2 Å². The van der Waals surface area contributed by atoms with Crippen molar-refractivity contribution >= 4 is 0 Å². The minimum atomic E-state index is -0.875. The van der Waals surface area contributed by atoms with Gasteiger partial charge in [0.15, 0.2) is 0 Å². The van der Waals surface area contributed by atoms with E-state index in [4.69, 9.17) is 19.6 Å². The van der Waals surface area contributed by atoms with E-state index in [0.29, 0.717) is 11.8 Å². The van der Waals surface area contributed by atoms with Crippen LogP contribution in [-0.4, -0.2) is 11.6 Å². The molecule has 2 spiro atoms. The summed E-state index contributed by atoms with van der Waals surface area (Å²) < 4.78 is 0. The molecule has 0 N–H and O–H groups in total. The molecule has 1 heterocycles. The molecule has 0 aromatic heterocycles. The molecular weight excluding hydrogens is 328 g/mol. The predicted molar refractivity (Wildman–Crippen MR) is 102 cm³/mol. The molecular formula is C22H40O4. The highest BCUT2D eigenvalue weighted by Crippen LogP contribution is 2.64. The molecule has 3 rings (SSSR count). The average Bonchev–Trinajstić information content (AvgIpc) is 2.45. The van der Waals surface area contributed by atoms with Crippen LogP contribution in [0.15, 0.2) is 0 Å². The minimum Gasteiger partial charge on any atom is -0.194 e. The van der Waals surface area contributed by atoms with Crippen molar-refractivity contribution in [2.24, 2.45) is 33.5 Å². The molecule has 0 bridgehead atoms. The van der Waals surface area contributed by atoms with Crippen LogP contribution < -0.4 is 0 Å². The lowest BCUT2D eigenvalue weighted by Gasteiger charge is -2.63. The molecule has 26 heavy (non-hydrogen) atoms. The summed E-state index contributed by atoms with van der Waals surface area (Å²) in [7, 11) is 0. The molecule has 2 saturated carbocycles. The van der Waals surface area contributed by atoms with Gasteiger partial charge in [-0.3, -0.25) is 0 Å². The van der Waals surface area contributed by atoms with Crippen LogP contribution in [0.25, 0.3) is 0 Å². The molecule has 2 unspecified atom stereocenters. The van der Waals surface area contributed by atoms with E-state index in [1.165, 1.54) is 0 Å². The molecule has 0 aromatic carbocycles. The second kappa shape index (κ2) is 5.68. The molecule has 4 nitrogen and oxygen atoms in total. The third-order valence-electron chi connectivity index (χ3n) is 8.86. The molecule has 1 saturated heterocycles. The Morgan fingerprint density at radius 2 is 0.769 bits per heavy atom. The number of rotatable bonds is 0. The minimum absolute atomic E-state index is 0.0521. The van der Waals surface area contributed by atoms with Crippen molar-refractivity contribution in [3.8, 4) is 0 Å². The van der Waals surface area contributed by atoms with E-state index in [0.717, 1.165) is 25.7 Å². The van der Waals surface area contributed by atoms with Gasteiger partial charge in [-0.1, -0.05) is 69.2 Å². The number of hydrogen-bond acceptors (Lipinski definition) is 4. The number of hydrogen-bond donors (Lipinski definition) is 0. The third kappa shape index (κ3) is 2.55. The summed E-state index contributed by atoms with van der Waals surface area (Å²) in [6.07, 6.45) is 3.82. The first-order valence-corrected chi connectivity index (χ1v) is 10.4. The van der Waals surface area contributed by atoms with Crippen molar-refractivity contribution in [1.82, 2.24) is 0 Å². The maximum atomic E-state index is 6.25. The Morgan fingerprint density at radius 1 is 0.500 bits per heavy atom. The van der Waals surface area contributed by atoms with Gasteiger partial charge >= 0.3 is 0 Å². The van der Waals surface area contributed by atoms with E-state index in [1.54, 1.807) is 0 Å². The Bertz CT molecular complexity index is 502. The van der Waals surface area contributed by atoms with Crippen molar-refractivity contribution in [3.05, 3.63) is 0 Å². The molecule has 2 aliphatic carbocycles. The summed E-state index contributed by atoms with van der Waals surface area (Å²) in [5, 5.41) is 0. The standard InChI is InChI=1S/C22H40O4/c1-15-11-17(3,4)19(7,8)21(13-15)23-25-22(26-24-21)14-16(2)12-18(5,6)20(22,9)10/h15-16H,11-14H2,1-10H3. The highest BCUT2D eigenvalue weighted by Gasteiger charge is 2.69. The normalized spacial score (nSPS) is 46.4. The first-order chi connectivity index (χ1) is 11.6. The highest BCUT2D eigenvalue weighted by molar-refractivity contribution is 5.05. The van der Waals surface area contributed by atoms with Gasteiger partial charge in [0, 0.05) is 23.7 Å². The predicted octanol–water partition coefficient (Wildman–Crippen LogP) is 6.25. The lowest BCUT2D eigenvalue weighted by atomic mass is 9.53. The van der Waals surface area contributed by atoms with E-state index in [-0.39, 0.29) is 21.7 Å². The van der Waals surface area contributed by atoms with Crippen molar-refractivity contribution < 1.29 is 19.6 Å². The zero-order chi connectivity index (χ0) is 19.8. The summed E-state index contributed by atoms with van der Waals surface area (Å²) in [6, 6.07) is 0. The van der Waals surface area contributed by atoms with Crippen LogP contribution in [0.2, 0.25) is 0 Å². The second-order valence-electron chi connectivity index (χ2n) is 11.9. The fourth-order valence-corrected chi connectivity index (χ4v) is 5.71. The lowest BCUT2D eigenvalue weighted by molar-refractivity contribution is -0.695. The Labute approximate surface area is 160 Å². The zero-order valence-corrected chi connectivity index (χ0v) is 18.6. The van der Waals surface area contributed by atoms with E-state index >= 15 is 0 Å². The molecule has 0 aromatic rings. The quantitative estimate of drug-likeness (QED) is 0.473. The van der Waals surface area contributed by atoms with E-state index < -0.39 is 11.6 Å². The molecule has 3 fully saturated rings. The van der Waals surface area contributed by atoms with Crippen molar-refractivity contribution in [2.75, 3.05) is 0 Å². The molecule has 1 aliphatic heterocycles. The average molecular weight is 369 g/mol. The molecule has 0 amide bonds. The van der Waals surface area contributed by atoms with Gasteiger partial charge in [0.1, 0.15) is 0 Å². The monoisotopic (exact) mass is 368 g/mol. The van der Waals surface area contributed by atoms with Gasteiger partial charge in [-0.25, -0.2) is 0 Å². The van der Waals surface area contributed by atoms with Crippen molar-refractivity contribution in [1.29, 1.82) is 0 Å². The van der Waals surface area contributed by atoms with Gasteiger partial charge in [-0.2, -0.15) is 19.6 Å². The molecule has 152 valence electrons. The summed E-state index contributed by atoms with van der Waals surface area (Å²) in [4.78, 5) is 25.0. The second-order valence-corrected chi connectivity index (χ2v) is 11.9. The lowest BCUT2D eigenvalue weighted by Crippen LogP contribution is -2.69. The Balaban J connectivity index is 1.93. The first kappa shape index (κ1) is 20.6. The largest absolute Gasteiger partial charge is 0.239 e. The van der Waals surface area contributed by atoms with Crippen LogP contribution in [0.1, 0.15) is 94.9 Å². The van der Waals surface area contributed by atoms with Crippen LogP contribution in [0.4, 0.5) is 0 Å². The maximum absolute atomic E-state index is 6.25. The van der Waals surface area contributed by atoms with E-state index in [9.17, 15) is 0 Å². The summed E-state index contributed by atoms with van der Waals surface area (Å²) >= 11 is 0. The van der Waals surface area contributed by atoms with E-state index in [1.807, 2.05) is 0 Å². The molecule has 2 atom stereocenters. The van der Waals surface area contributed by atoms with Gasteiger partial charge in [-0.15, -0.1) is 0 Å². The van der Waals surface area contributed by atoms with Crippen molar-refractivity contribution in [3.63, 3.8) is 0 Å².